The van der Waals surface area contributed by atoms with Crippen molar-refractivity contribution in [2.45, 2.75) is 24.3 Å². The number of fused-ring (bicyclic) bond motifs is 1. The Balaban J connectivity index is 1.59. The average Bonchev–Trinajstić information content (AvgIpc) is 2.95. The van der Waals surface area contributed by atoms with E-state index in [1.807, 2.05) is 35.7 Å². The molecule has 1 saturated carbocycles. The molecule has 4 rings (SSSR count). The molecule has 1 aliphatic rings. The lowest BCUT2D eigenvalue weighted by Gasteiger charge is -2.11. The summed E-state index contributed by atoms with van der Waals surface area (Å²) in [6, 6.07) is 9.64. The van der Waals surface area contributed by atoms with Crippen LogP contribution in [0.1, 0.15) is 19.2 Å². The predicted octanol–water partition coefficient (Wildman–Crippen LogP) is 4.28. The van der Waals surface area contributed by atoms with Gasteiger partial charge in [-0.05, 0) is 12.5 Å². The fourth-order valence-electron chi connectivity index (χ4n) is 2.81. The minimum absolute atomic E-state index is 0.137. The number of rotatable bonds is 4. The number of aromatic amines is 1. The Bertz CT molecular complexity index is 1060. The molecule has 0 radical (unpaired) electrons. The predicted molar refractivity (Wildman–Crippen MR) is 103 cm³/mol. The molecule has 134 valence electrons. The molecule has 1 atom stereocenters. The van der Waals surface area contributed by atoms with Crippen LogP contribution in [0.2, 0.25) is 0 Å². The summed E-state index contributed by atoms with van der Waals surface area (Å²) in [5.41, 5.74) is 0.613. The van der Waals surface area contributed by atoms with E-state index >= 15 is 0 Å². The number of aromatic nitrogens is 2. The van der Waals surface area contributed by atoms with Crippen LogP contribution in [-0.2, 0) is 16.1 Å². The second-order valence-electron chi connectivity index (χ2n) is 6.50. The number of carbonyl (C=O) groups excluding carboxylic acids is 1. The Kier molecular flexibility index (Phi) is 4.10. The van der Waals surface area contributed by atoms with E-state index in [1.54, 1.807) is 6.92 Å². The Hall–Kier alpha value is -1.89. The minimum atomic E-state index is -1.09. The lowest BCUT2D eigenvalue weighted by Crippen LogP contribution is -2.22. The number of ether oxygens (including phenoxy) is 1. The number of hydrogen-bond donors (Lipinski definition) is 1. The lowest BCUT2D eigenvalue weighted by molar-refractivity contribution is -0.151. The molecular weight excluding hydrogens is 395 g/mol. The van der Waals surface area contributed by atoms with Gasteiger partial charge in [-0.15, -0.1) is 34.5 Å². The van der Waals surface area contributed by atoms with Gasteiger partial charge in [0.15, 0.2) is 0 Å². The maximum Gasteiger partial charge on any atom is 0.315 e. The van der Waals surface area contributed by atoms with E-state index in [-0.39, 0.29) is 18.0 Å². The van der Waals surface area contributed by atoms with Crippen molar-refractivity contribution in [1.29, 1.82) is 0 Å². The van der Waals surface area contributed by atoms with Crippen molar-refractivity contribution in [2.24, 2.45) is 5.41 Å². The van der Waals surface area contributed by atoms with Gasteiger partial charge in [-0.2, -0.15) is 0 Å². The average molecular weight is 409 g/mol. The summed E-state index contributed by atoms with van der Waals surface area (Å²) < 4.78 is 4.16. The Morgan fingerprint density at radius 2 is 2.04 bits per heavy atom. The summed E-state index contributed by atoms with van der Waals surface area (Å²) in [5.74, 6) is -0.210. The van der Waals surface area contributed by atoms with Gasteiger partial charge in [0.25, 0.3) is 5.56 Å². The highest BCUT2D eigenvalue weighted by Gasteiger charge is 2.69. The van der Waals surface area contributed by atoms with E-state index in [4.69, 9.17) is 27.9 Å². The van der Waals surface area contributed by atoms with Crippen LogP contribution in [0, 0.1) is 5.41 Å². The van der Waals surface area contributed by atoms with Gasteiger partial charge in [-0.1, -0.05) is 30.3 Å². The summed E-state index contributed by atoms with van der Waals surface area (Å²) in [7, 11) is 0. The van der Waals surface area contributed by atoms with E-state index in [2.05, 4.69) is 9.97 Å². The zero-order chi connectivity index (χ0) is 18.5. The number of nitrogens with one attached hydrogen (secondary N) is 1. The summed E-state index contributed by atoms with van der Waals surface area (Å²) in [5, 5.41) is 2.43. The fourth-order valence-corrected chi connectivity index (χ4v) is 4.46. The van der Waals surface area contributed by atoms with Crippen molar-refractivity contribution >= 4 is 50.7 Å². The molecule has 8 heteroatoms. The summed E-state index contributed by atoms with van der Waals surface area (Å²) in [4.78, 5) is 32.4. The first-order chi connectivity index (χ1) is 12.3. The second-order valence-corrected chi connectivity index (χ2v) is 8.84. The van der Waals surface area contributed by atoms with Crippen LogP contribution in [0.5, 0.6) is 0 Å². The maximum atomic E-state index is 12.5. The molecule has 0 aliphatic heterocycles. The number of carbonyl (C=O) groups is 1. The molecule has 0 bridgehead atoms. The van der Waals surface area contributed by atoms with Gasteiger partial charge < -0.3 is 9.72 Å². The van der Waals surface area contributed by atoms with Crippen molar-refractivity contribution in [3.05, 3.63) is 51.9 Å². The van der Waals surface area contributed by atoms with Gasteiger partial charge in [0.1, 0.15) is 27.0 Å². The lowest BCUT2D eigenvalue weighted by atomic mass is 10.1. The molecule has 0 spiro atoms. The molecule has 5 nitrogen and oxygen atoms in total. The number of alkyl halides is 2. The van der Waals surface area contributed by atoms with Crippen LogP contribution in [0.4, 0.5) is 0 Å². The van der Waals surface area contributed by atoms with Gasteiger partial charge >= 0.3 is 5.97 Å². The second kappa shape index (κ2) is 6.08. The van der Waals surface area contributed by atoms with Crippen LogP contribution in [-0.4, -0.2) is 20.3 Å². The summed E-state index contributed by atoms with van der Waals surface area (Å²) in [6.45, 7) is 1.52. The summed E-state index contributed by atoms with van der Waals surface area (Å²) in [6.07, 6.45) is 0.344. The third kappa shape index (κ3) is 2.82. The fraction of sp³-hybridized carbons (Fsp3) is 0.278. The standard InChI is InChI=1S/C18H14Cl2N2O3S/c1-17(9-18(17,19)20)16(24)25-7-12-21-14(23)13-11(8-26-15(13)22-12)10-5-3-2-4-6-10/h2-6,8H,7,9H2,1H3,(H,21,22,23)/t17-/m1/s1. The summed E-state index contributed by atoms with van der Waals surface area (Å²) >= 11 is 13.3. The minimum Gasteiger partial charge on any atom is -0.457 e. The molecule has 0 amide bonds. The third-order valence-corrected chi connectivity index (χ3v) is 6.60. The molecule has 0 saturated heterocycles. The maximum absolute atomic E-state index is 12.5. The van der Waals surface area contributed by atoms with Crippen LogP contribution < -0.4 is 5.56 Å². The molecule has 1 aromatic carbocycles. The number of nitrogens with zero attached hydrogens (tertiary/aromatic N) is 1. The zero-order valence-electron chi connectivity index (χ0n) is 13.7. The highest BCUT2D eigenvalue weighted by atomic mass is 35.5. The van der Waals surface area contributed by atoms with E-state index in [0.29, 0.717) is 16.6 Å². The van der Waals surface area contributed by atoms with Crippen molar-refractivity contribution in [1.82, 2.24) is 9.97 Å². The first kappa shape index (κ1) is 17.5. The molecule has 1 aliphatic carbocycles. The third-order valence-electron chi connectivity index (χ3n) is 4.63. The number of H-pyrrole nitrogens is 1. The number of esters is 1. The Labute approximate surface area is 162 Å². The highest BCUT2D eigenvalue weighted by Crippen LogP contribution is 2.64. The first-order valence-electron chi connectivity index (χ1n) is 7.93. The van der Waals surface area contributed by atoms with Gasteiger partial charge in [0, 0.05) is 17.4 Å². The zero-order valence-corrected chi connectivity index (χ0v) is 16.0. The quantitative estimate of drug-likeness (QED) is 0.516. The largest absolute Gasteiger partial charge is 0.457 e. The molecule has 26 heavy (non-hydrogen) atoms. The van der Waals surface area contributed by atoms with E-state index in [0.717, 1.165) is 11.1 Å². The smallest absolute Gasteiger partial charge is 0.315 e. The van der Waals surface area contributed by atoms with E-state index in [1.165, 1.54) is 11.3 Å². The van der Waals surface area contributed by atoms with Crippen molar-refractivity contribution < 1.29 is 9.53 Å². The number of benzene rings is 1. The topological polar surface area (TPSA) is 72.0 Å². The molecule has 2 aromatic heterocycles. The van der Waals surface area contributed by atoms with E-state index < -0.39 is 15.7 Å². The van der Waals surface area contributed by atoms with Gasteiger partial charge in [-0.3, -0.25) is 9.59 Å². The van der Waals surface area contributed by atoms with Crippen molar-refractivity contribution in [2.75, 3.05) is 0 Å². The molecule has 3 aromatic rings. The van der Waals surface area contributed by atoms with Crippen molar-refractivity contribution in [3.8, 4) is 11.1 Å². The molecule has 0 unspecified atom stereocenters. The first-order valence-corrected chi connectivity index (χ1v) is 9.56. The van der Waals surface area contributed by atoms with Gasteiger partial charge in [0.2, 0.25) is 0 Å². The number of halogens is 2. The number of hydrogen-bond acceptors (Lipinski definition) is 5. The van der Waals surface area contributed by atoms with Crippen LogP contribution >= 0.6 is 34.5 Å². The van der Waals surface area contributed by atoms with E-state index in [9.17, 15) is 9.59 Å². The SMILES string of the molecule is C[C@]1(C(=O)OCc2nc3scc(-c4ccccc4)c3c(=O)[nH]2)CC1(Cl)Cl. The van der Waals surface area contributed by atoms with Crippen molar-refractivity contribution in [3.63, 3.8) is 0 Å². The number of thiophene rings is 1. The normalized spacial score (nSPS) is 20.9. The Morgan fingerprint density at radius 3 is 2.69 bits per heavy atom. The monoisotopic (exact) mass is 408 g/mol. The highest BCUT2D eigenvalue weighted by molar-refractivity contribution is 7.17. The Morgan fingerprint density at radius 1 is 1.35 bits per heavy atom. The molecular formula is C18H14Cl2N2O3S. The van der Waals surface area contributed by atoms with Gasteiger partial charge in [-0.25, -0.2) is 4.98 Å². The molecule has 1 fully saturated rings. The van der Waals surface area contributed by atoms with Crippen LogP contribution in [0.3, 0.4) is 0 Å². The molecule has 2 heterocycles. The van der Waals surface area contributed by atoms with Gasteiger partial charge in [0.05, 0.1) is 5.39 Å². The molecule has 1 N–H and O–H groups in total. The van der Waals surface area contributed by atoms with Crippen LogP contribution in [0.15, 0.2) is 40.5 Å². The van der Waals surface area contributed by atoms with Crippen LogP contribution in [0.25, 0.3) is 21.3 Å².